The minimum atomic E-state index is -0.493. The van der Waals surface area contributed by atoms with Gasteiger partial charge in [-0.25, -0.2) is 5.43 Å². The molecule has 1 aromatic heterocycles. The highest BCUT2D eigenvalue weighted by Crippen LogP contribution is 2.34. The molecule has 0 saturated carbocycles. The number of furan rings is 1. The number of hydrogen-bond acceptors (Lipinski definition) is 6. The van der Waals surface area contributed by atoms with Crippen LogP contribution >= 0.6 is 0 Å². The number of hydrogen-bond donors (Lipinski definition) is 1. The van der Waals surface area contributed by atoms with Gasteiger partial charge in [0.05, 0.1) is 36.3 Å². The van der Waals surface area contributed by atoms with Gasteiger partial charge in [-0.05, 0) is 43.2 Å². The summed E-state index contributed by atoms with van der Waals surface area (Å²) in [6, 6.07) is 13.6. The van der Waals surface area contributed by atoms with Gasteiger partial charge in [0.2, 0.25) is 5.91 Å². The Hall–Kier alpha value is -3.94. The molecular formula is C22H21N3O5. The Kier molecular flexibility index (Phi) is 6.26. The zero-order chi connectivity index (χ0) is 21.7. The maximum absolute atomic E-state index is 12.1. The van der Waals surface area contributed by atoms with Gasteiger partial charge < -0.3 is 9.15 Å². The van der Waals surface area contributed by atoms with Gasteiger partial charge in [-0.1, -0.05) is 23.8 Å². The van der Waals surface area contributed by atoms with Crippen molar-refractivity contribution in [3.05, 3.63) is 81.1 Å². The van der Waals surface area contributed by atoms with Crippen LogP contribution in [0, 0.1) is 24.0 Å². The van der Waals surface area contributed by atoms with Crippen molar-refractivity contribution >= 4 is 17.8 Å². The molecule has 0 fully saturated rings. The number of hydrazone groups is 1. The molecule has 1 heterocycles. The lowest BCUT2D eigenvalue weighted by atomic mass is 10.0. The highest BCUT2D eigenvalue weighted by Gasteiger charge is 2.15. The Balaban J connectivity index is 1.66. The van der Waals surface area contributed by atoms with Gasteiger partial charge in [-0.15, -0.1) is 0 Å². The van der Waals surface area contributed by atoms with Crippen LogP contribution < -0.4 is 10.2 Å². The summed E-state index contributed by atoms with van der Waals surface area (Å²) in [5, 5.41) is 14.9. The van der Waals surface area contributed by atoms with Gasteiger partial charge in [0.1, 0.15) is 17.3 Å². The van der Waals surface area contributed by atoms with E-state index in [0.717, 1.165) is 16.7 Å². The molecule has 154 valence electrons. The van der Waals surface area contributed by atoms with Gasteiger partial charge in [0, 0.05) is 6.07 Å². The first-order valence-corrected chi connectivity index (χ1v) is 9.18. The van der Waals surface area contributed by atoms with Gasteiger partial charge >= 0.3 is 0 Å². The number of aryl methyl sites for hydroxylation is 2. The minimum absolute atomic E-state index is 0.0736. The maximum Gasteiger partial charge on any atom is 0.273 e. The summed E-state index contributed by atoms with van der Waals surface area (Å²) in [7, 11) is 1.43. The zero-order valence-corrected chi connectivity index (χ0v) is 16.8. The molecule has 0 bridgehead atoms. The fourth-order valence-electron chi connectivity index (χ4n) is 2.99. The predicted octanol–water partition coefficient (Wildman–Crippen LogP) is 4.17. The smallest absolute Gasteiger partial charge is 0.273 e. The van der Waals surface area contributed by atoms with Crippen LogP contribution in [0.25, 0.3) is 11.3 Å². The third-order valence-corrected chi connectivity index (χ3v) is 4.52. The fraction of sp³-hybridized carbons (Fsp3) is 0.182. The summed E-state index contributed by atoms with van der Waals surface area (Å²) in [5.41, 5.74) is 6.13. The van der Waals surface area contributed by atoms with Crippen LogP contribution in [0.4, 0.5) is 5.69 Å². The van der Waals surface area contributed by atoms with Crippen molar-refractivity contribution in [1.29, 1.82) is 0 Å². The molecule has 0 atom stereocenters. The largest absolute Gasteiger partial charge is 0.496 e. The number of carbonyl (C=O) groups is 1. The van der Waals surface area contributed by atoms with Gasteiger partial charge in [0.25, 0.3) is 5.69 Å². The molecular weight excluding hydrogens is 386 g/mol. The number of nitrogens with one attached hydrogen (secondary N) is 1. The first kappa shape index (κ1) is 20.8. The first-order chi connectivity index (χ1) is 14.4. The van der Waals surface area contributed by atoms with Crippen molar-refractivity contribution in [2.24, 2.45) is 5.10 Å². The Morgan fingerprint density at radius 1 is 1.20 bits per heavy atom. The van der Waals surface area contributed by atoms with Crippen LogP contribution in [0.3, 0.4) is 0 Å². The topological polar surface area (TPSA) is 107 Å². The lowest BCUT2D eigenvalue weighted by Gasteiger charge is -2.06. The number of nitro groups is 1. The summed E-state index contributed by atoms with van der Waals surface area (Å²) >= 11 is 0. The number of non-ortho nitro benzene ring substituents is 1. The second-order valence-electron chi connectivity index (χ2n) is 6.74. The first-order valence-electron chi connectivity index (χ1n) is 9.18. The zero-order valence-electron chi connectivity index (χ0n) is 16.8. The Morgan fingerprint density at radius 3 is 2.70 bits per heavy atom. The molecule has 0 aliphatic heterocycles. The average Bonchev–Trinajstić information content (AvgIpc) is 3.18. The number of amides is 1. The molecule has 0 aliphatic carbocycles. The van der Waals surface area contributed by atoms with Gasteiger partial charge in [0.15, 0.2) is 0 Å². The Morgan fingerprint density at radius 2 is 2.00 bits per heavy atom. The monoisotopic (exact) mass is 407 g/mol. The second-order valence-corrected chi connectivity index (χ2v) is 6.74. The minimum Gasteiger partial charge on any atom is -0.496 e. The van der Waals surface area contributed by atoms with E-state index < -0.39 is 4.92 Å². The van der Waals surface area contributed by atoms with Crippen molar-refractivity contribution in [2.45, 2.75) is 20.3 Å². The quantitative estimate of drug-likeness (QED) is 0.359. The Bertz CT molecular complexity index is 1120. The standard InChI is InChI=1S/C22H21N3O5/c1-14-4-5-16(15(2)10-14)11-22(26)24-23-13-18-7-9-20(30-18)19-8-6-17(25(27)28)12-21(19)29-3/h4-10,12-13H,11H2,1-3H3,(H,24,26)/b23-13-. The molecule has 8 nitrogen and oxygen atoms in total. The number of methoxy groups -OCH3 is 1. The molecule has 3 aromatic rings. The van der Waals surface area contributed by atoms with Crippen molar-refractivity contribution in [3.8, 4) is 17.1 Å². The van der Waals surface area contributed by atoms with Crippen LogP contribution in [0.5, 0.6) is 5.75 Å². The van der Waals surface area contributed by atoms with E-state index in [2.05, 4.69) is 10.5 Å². The molecule has 0 spiro atoms. The molecule has 0 radical (unpaired) electrons. The van der Waals surface area contributed by atoms with Gasteiger partial charge in [-0.3, -0.25) is 14.9 Å². The van der Waals surface area contributed by atoms with E-state index in [1.165, 1.54) is 25.5 Å². The van der Waals surface area contributed by atoms with E-state index in [1.807, 2.05) is 32.0 Å². The van der Waals surface area contributed by atoms with E-state index in [4.69, 9.17) is 9.15 Å². The normalized spacial score (nSPS) is 10.9. The predicted molar refractivity (Wildman–Crippen MR) is 113 cm³/mol. The number of carbonyl (C=O) groups excluding carboxylic acids is 1. The second kappa shape index (κ2) is 9.04. The molecule has 30 heavy (non-hydrogen) atoms. The molecule has 2 aromatic carbocycles. The van der Waals surface area contributed by atoms with Crippen molar-refractivity contribution in [2.75, 3.05) is 7.11 Å². The molecule has 8 heteroatoms. The molecule has 3 rings (SSSR count). The van der Waals surface area contributed by atoms with Gasteiger partial charge in [-0.2, -0.15) is 5.10 Å². The fourth-order valence-corrected chi connectivity index (χ4v) is 2.99. The lowest BCUT2D eigenvalue weighted by Crippen LogP contribution is -2.20. The number of benzene rings is 2. The van der Waals surface area contributed by atoms with E-state index in [1.54, 1.807) is 18.2 Å². The van der Waals surface area contributed by atoms with Crippen molar-refractivity contribution < 1.29 is 18.9 Å². The van der Waals surface area contributed by atoms with Crippen LogP contribution in [-0.2, 0) is 11.2 Å². The van der Waals surface area contributed by atoms with E-state index in [0.29, 0.717) is 22.8 Å². The number of nitrogens with zero attached hydrogens (tertiary/aromatic N) is 2. The summed E-state index contributed by atoms with van der Waals surface area (Å²) < 4.78 is 10.9. The van der Waals surface area contributed by atoms with Crippen LogP contribution in [-0.4, -0.2) is 24.2 Å². The van der Waals surface area contributed by atoms with E-state index >= 15 is 0 Å². The molecule has 0 unspecified atom stereocenters. The molecule has 1 amide bonds. The van der Waals surface area contributed by atoms with E-state index in [9.17, 15) is 14.9 Å². The number of nitro benzene ring substituents is 1. The third-order valence-electron chi connectivity index (χ3n) is 4.52. The summed E-state index contributed by atoms with van der Waals surface area (Å²) in [4.78, 5) is 22.5. The lowest BCUT2D eigenvalue weighted by molar-refractivity contribution is -0.384. The Labute approximate surface area is 173 Å². The highest BCUT2D eigenvalue weighted by atomic mass is 16.6. The van der Waals surface area contributed by atoms with E-state index in [-0.39, 0.29) is 18.0 Å². The maximum atomic E-state index is 12.1. The summed E-state index contributed by atoms with van der Waals surface area (Å²) in [6.07, 6.45) is 1.62. The molecule has 0 aliphatic rings. The number of rotatable bonds is 7. The average molecular weight is 407 g/mol. The van der Waals surface area contributed by atoms with Crippen molar-refractivity contribution in [1.82, 2.24) is 5.43 Å². The SMILES string of the molecule is COc1cc([N+](=O)[O-])ccc1-c1ccc(/C=N\NC(=O)Cc2ccc(C)cc2C)o1. The number of ether oxygens (including phenoxy) is 1. The third kappa shape index (κ3) is 4.91. The van der Waals surface area contributed by atoms with Crippen LogP contribution in [0.15, 0.2) is 58.0 Å². The highest BCUT2D eigenvalue weighted by molar-refractivity contribution is 5.82. The van der Waals surface area contributed by atoms with Crippen molar-refractivity contribution in [3.63, 3.8) is 0 Å². The summed E-state index contributed by atoms with van der Waals surface area (Å²) in [6.45, 7) is 3.97. The van der Waals surface area contributed by atoms with Crippen LogP contribution in [0.2, 0.25) is 0 Å². The molecule has 0 saturated heterocycles. The molecule has 1 N–H and O–H groups in total. The van der Waals surface area contributed by atoms with Crippen LogP contribution in [0.1, 0.15) is 22.5 Å². The summed E-state index contributed by atoms with van der Waals surface area (Å²) in [5.74, 6) is 0.966.